The molecule has 0 spiro atoms. The van der Waals surface area contributed by atoms with Crippen LogP contribution in [0.4, 0.5) is 0 Å². The molecule has 1 unspecified atom stereocenters. The molecular weight excluding hydrogens is 206 g/mol. The molecule has 1 amide bonds. The van der Waals surface area contributed by atoms with Crippen LogP contribution in [0.15, 0.2) is 0 Å². The molecule has 4 heteroatoms. The van der Waals surface area contributed by atoms with Crippen LogP contribution in [0.2, 0.25) is 0 Å². The highest BCUT2D eigenvalue weighted by atomic mass is 16.5. The van der Waals surface area contributed by atoms with Crippen molar-refractivity contribution in [3.8, 4) is 0 Å². The molecule has 0 saturated carbocycles. The zero-order valence-electron chi connectivity index (χ0n) is 10.3. The molecule has 0 radical (unpaired) electrons. The van der Waals surface area contributed by atoms with Gasteiger partial charge in [0.15, 0.2) is 0 Å². The van der Waals surface area contributed by atoms with E-state index in [-0.39, 0.29) is 24.0 Å². The molecule has 0 bridgehead atoms. The molecule has 1 fully saturated rings. The maximum atomic E-state index is 11.6. The third kappa shape index (κ3) is 4.49. The predicted octanol–water partition coefficient (Wildman–Crippen LogP) is 1.08. The van der Waals surface area contributed by atoms with Gasteiger partial charge in [0, 0.05) is 19.8 Å². The van der Waals surface area contributed by atoms with Crippen LogP contribution in [0.5, 0.6) is 0 Å². The number of ether oxygens (including phenoxy) is 1. The van der Waals surface area contributed by atoms with E-state index in [9.17, 15) is 4.79 Å². The van der Waals surface area contributed by atoms with Gasteiger partial charge in [-0.05, 0) is 31.1 Å². The first kappa shape index (κ1) is 13.5. The highest BCUT2D eigenvalue weighted by Gasteiger charge is 2.23. The fraction of sp³-hybridized carbons (Fsp3) is 0.917. The van der Waals surface area contributed by atoms with Gasteiger partial charge in [-0.15, -0.1) is 0 Å². The fourth-order valence-corrected chi connectivity index (χ4v) is 1.76. The van der Waals surface area contributed by atoms with Crippen molar-refractivity contribution in [1.29, 1.82) is 0 Å². The molecular formula is C12H23NO3. The van der Waals surface area contributed by atoms with Crippen LogP contribution in [0.1, 0.15) is 39.5 Å². The molecule has 1 aliphatic rings. The minimum atomic E-state index is -0.231. The number of hydrogen-bond donors (Lipinski definition) is 2. The number of aliphatic hydroxyl groups excluding tert-OH is 1. The van der Waals surface area contributed by atoms with Crippen LogP contribution >= 0.6 is 0 Å². The summed E-state index contributed by atoms with van der Waals surface area (Å²) in [6.07, 6.45) is 3.40. The summed E-state index contributed by atoms with van der Waals surface area (Å²) in [6, 6.07) is 0. The molecule has 0 aliphatic carbocycles. The number of hydrogen-bond acceptors (Lipinski definition) is 3. The summed E-state index contributed by atoms with van der Waals surface area (Å²) in [7, 11) is 0. The van der Waals surface area contributed by atoms with Crippen molar-refractivity contribution >= 4 is 5.91 Å². The van der Waals surface area contributed by atoms with E-state index < -0.39 is 0 Å². The second-order valence-electron chi connectivity index (χ2n) is 5.22. The monoisotopic (exact) mass is 229 g/mol. The molecule has 1 heterocycles. The van der Waals surface area contributed by atoms with Crippen molar-refractivity contribution in [3.63, 3.8) is 0 Å². The highest BCUT2D eigenvalue weighted by Crippen LogP contribution is 2.20. The molecule has 94 valence electrons. The third-order valence-electron chi connectivity index (χ3n) is 2.98. The lowest BCUT2D eigenvalue weighted by Gasteiger charge is -2.21. The van der Waals surface area contributed by atoms with Gasteiger partial charge in [-0.3, -0.25) is 4.79 Å². The highest BCUT2D eigenvalue weighted by molar-refractivity contribution is 5.80. The Labute approximate surface area is 97.4 Å². The number of rotatable bonds is 6. The minimum Gasteiger partial charge on any atom is -0.396 e. The first-order valence-electron chi connectivity index (χ1n) is 6.05. The Hall–Kier alpha value is -0.610. The third-order valence-corrected chi connectivity index (χ3v) is 2.98. The Bertz CT molecular complexity index is 222. The molecule has 2 N–H and O–H groups in total. The summed E-state index contributed by atoms with van der Waals surface area (Å²) >= 11 is 0. The van der Waals surface area contributed by atoms with Gasteiger partial charge in [0.2, 0.25) is 5.91 Å². The first-order valence-corrected chi connectivity index (χ1v) is 6.05. The number of nitrogens with one attached hydrogen (secondary N) is 1. The first-order chi connectivity index (χ1) is 7.55. The van der Waals surface area contributed by atoms with Gasteiger partial charge in [0.25, 0.3) is 0 Å². The molecule has 1 rings (SSSR count). The van der Waals surface area contributed by atoms with E-state index in [1.165, 1.54) is 0 Å². The van der Waals surface area contributed by atoms with Crippen molar-refractivity contribution in [1.82, 2.24) is 5.32 Å². The van der Waals surface area contributed by atoms with E-state index in [4.69, 9.17) is 9.84 Å². The smallest absolute Gasteiger partial charge is 0.249 e. The zero-order valence-corrected chi connectivity index (χ0v) is 10.3. The van der Waals surface area contributed by atoms with Gasteiger partial charge >= 0.3 is 0 Å². The summed E-state index contributed by atoms with van der Waals surface area (Å²) in [6.45, 7) is 5.61. The topological polar surface area (TPSA) is 58.6 Å². The molecule has 1 atom stereocenters. The van der Waals surface area contributed by atoms with E-state index in [0.29, 0.717) is 13.2 Å². The number of carbonyl (C=O) groups excluding carboxylic acids is 1. The molecule has 4 nitrogen and oxygen atoms in total. The number of amides is 1. The zero-order chi connectivity index (χ0) is 12.0. The van der Waals surface area contributed by atoms with Crippen molar-refractivity contribution in [2.45, 2.75) is 45.6 Å². The summed E-state index contributed by atoms with van der Waals surface area (Å²) in [5.41, 5.74) is -0.0470. The fourth-order valence-electron chi connectivity index (χ4n) is 1.76. The van der Waals surface area contributed by atoms with Crippen molar-refractivity contribution < 1.29 is 14.6 Å². The summed E-state index contributed by atoms with van der Waals surface area (Å²) in [5.74, 6) is 0.0132. The van der Waals surface area contributed by atoms with E-state index in [1.54, 1.807) is 0 Å². The normalized spacial score (nSPS) is 21.1. The van der Waals surface area contributed by atoms with Gasteiger partial charge < -0.3 is 15.2 Å². The van der Waals surface area contributed by atoms with E-state index in [1.807, 2.05) is 13.8 Å². The SMILES string of the molecule is CC(C)(CO)CCCNC(=O)C1CCCO1. The molecule has 1 saturated heterocycles. The molecule has 0 aromatic heterocycles. The van der Waals surface area contributed by atoms with Crippen molar-refractivity contribution in [2.75, 3.05) is 19.8 Å². The number of aliphatic hydroxyl groups is 1. The second kappa shape index (κ2) is 6.21. The van der Waals surface area contributed by atoms with Crippen molar-refractivity contribution in [3.05, 3.63) is 0 Å². The largest absolute Gasteiger partial charge is 0.396 e. The average molecular weight is 229 g/mol. The summed E-state index contributed by atoms with van der Waals surface area (Å²) in [4.78, 5) is 11.6. The maximum absolute atomic E-state index is 11.6. The van der Waals surface area contributed by atoms with Crippen LogP contribution in [-0.4, -0.2) is 36.9 Å². The molecule has 0 aromatic carbocycles. The van der Waals surface area contributed by atoms with Crippen molar-refractivity contribution in [2.24, 2.45) is 5.41 Å². The van der Waals surface area contributed by atoms with Crippen LogP contribution in [0.25, 0.3) is 0 Å². The van der Waals surface area contributed by atoms with Crippen LogP contribution < -0.4 is 5.32 Å². The lowest BCUT2D eigenvalue weighted by atomic mass is 9.89. The molecule has 0 aromatic rings. The maximum Gasteiger partial charge on any atom is 0.249 e. The van der Waals surface area contributed by atoms with Crippen LogP contribution in [0.3, 0.4) is 0 Å². The Morgan fingerprint density at radius 3 is 2.88 bits per heavy atom. The van der Waals surface area contributed by atoms with Gasteiger partial charge in [-0.25, -0.2) is 0 Å². The average Bonchev–Trinajstić information content (AvgIpc) is 2.77. The Morgan fingerprint density at radius 1 is 1.56 bits per heavy atom. The Morgan fingerprint density at radius 2 is 2.31 bits per heavy atom. The second-order valence-corrected chi connectivity index (χ2v) is 5.22. The summed E-state index contributed by atoms with van der Waals surface area (Å²) in [5, 5.41) is 11.9. The van der Waals surface area contributed by atoms with Gasteiger partial charge in [0.1, 0.15) is 6.10 Å². The van der Waals surface area contributed by atoms with E-state index in [2.05, 4.69) is 5.32 Å². The molecule has 1 aliphatic heterocycles. The lowest BCUT2D eigenvalue weighted by molar-refractivity contribution is -0.130. The molecule has 16 heavy (non-hydrogen) atoms. The van der Waals surface area contributed by atoms with Gasteiger partial charge in [-0.1, -0.05) is 13.8 Å². The van der Waals surface area contributed by atoms with Gasteiger partial charge in [-0.2, -0.15) is 0 Å². The van der Waals surface area contributed by atoms with E-state index in [0.717, 1.165) is 25.7 Å². The van der Waals surface area contributed by atoms with Crippen LogP contribution in [0, 0.1) is 5.41 Å². The Kier molecular flexibility index (Phi) is 5.22. The Balaban J connectivity index is 2.08. The quantitative estimate of drug-likeness (QED) is 0.670. The van der Waals surface area contributed by atoms with Crippen LogP contribution in [-0.2, 0) is 9.53 Å². The minimum absolute atomic E-state index is 0.0132. The lowest BCUT2D eigenvalue weighted by Crippen LogP contribution is -2.35. The van der Waals surface area contributed by atoms with E-state index >= 15 is 0 Å². The standard InChI is InChI=1S/C12H23NO3/c1-12(2,9-14)6-4-7-13-11(15)10-5-3-8-16-10/h10,14H,3-9H2,1-2H3,(H,13,15). The predicted molar refractivity (Wildman–Crippen MR) is 62.1 cm³/mol. The summed E-state index contributed by atoms with van der Waals surface area (Å²) < 4.78 is 5.28. The number of carbonyl (C=O) groups is 1. The van der Waals surface area contributed by atoms with Gasteiger partial charge in [0.05, 0.1) is 0 Å².